The van der Waals surface area contributed by atoms with Crippen molar-refractivity contribution in [1.29, 1.82) is 0 Å². The van der Waals surface area contributed by atoms with Gasteiger partial charge in [-0.25, -0.2) is 13.9 Å². The number of likely N-dealkylation sites (N-methyl/N-ethyl adjacent to an activating group) is 1. The van der Waals surface area contributed by atoms with Gasteiger partial charge in [-0.1, -0.05) is 19.3 Å². The topological polar surface area (TPSA) is 75.4 Å². The van der Waals surface area contributed by atoms with Crippen molar-refractivity contribution in [1.82, 2.24) is 14.7 Å². The van der Waals surface area contributed by atoms with E-state index in [0.29, 0.717) is 24.2 Å². The fourth-order valence-corrected chi connectivity index (χ4v) is 4.59. The third kappa shape index (κ3) is 2.89. The van der Waals surface area contributed by atoms with Crippen LogP contribution in [0.25, 0.3) is 5.69 Å². The lowest BCUT2D eigenvalue weighted by molar-refractivity contribution is -0.151. The molecule has 1 aromatic carbocycles. The number of hydrogen-bond acceptors (Lipinski definition) is 3. The van der Waals surface area contributed by atoms with Gasteiger partial charge in [0, 0.05) is 18.3 Å². The van der Waals surface area contributed by atoms with Crippen molar-refractivity contribution < 1.29 is 19.1 Å². The largest absolute Gasteiger partial charge is 0.479 e. The Morgan fingerprint density at radius 3 is 2.43 bits per heavy atom. The van der Waals surface area contributed by atoms with E-state index >= 15 is 0 Å². The Labute approximate surface area is 163 Å². The lowest BCUT2D eigenvalue weighted by Crippen LogP contribution is -2.56. The Kier molecular flexibility index (Phi) is 4.69. The Morgan fingerprint density at radius 1 is 1.11 bits per heavy atom. The molecule has 0 aliphatic heterocycles. The third-order valence-corrected chi connectivity index (χ3v) is 6.23. The summed E-state index contributed by atoms with van der Waals surface area (Å²) < 4.78 is 15.0. The van der Waals surface area contributed by atoms with Crippen molar-refractivity contribution >= 4 is 11.9 Å². The number of benzene rings is 1. The molecule has 1 amide bonds. The number of halogens is 1. The van der Waals surface area contributed by atoms with E-state index in [2.05, 4.69) is 5.10 Å². The SMILES string of the molecule is CN(C(=O)c1nn(-c2ccc(F)cc2)c2c1CCC2)C1(C(=O)O)CCCCC1. The third-order valence-electron chi connectivity index (χ3n) is 6.23. The van der Waals surface area contributed by atoms with Crippen LogP contribution in [-0.4, -0.2) is 44.3 Å². The number of carbonyl (C=O) groups excluding carboxylic acids is 1. The molecule has 0 saturated heterocycles. The quantitative estimate of drug-likeness (QED) is 0.876. The summed E-state index contributed by atoms with van der Waals surface area (Å²) in [6.07, 6.45) is 5.97. The summed E-state index contributed by atoms with van der Waals surface area (Å²) in [6, 6.07) is 6.01. The number of amides is 1. The summed E-state index contributed by atoms with van der Waals surface area (Å²) in [5, 5.41) is 14.5. The first-order valence-electron chi connectivity index (χ1n) is 9.82. The molecular formula is C21H24FN3O3. The Balaban J connectivity index is 1.73. The van der Waals surface area contributed by atoms with Crippen LogP contribution in [-0.2, 0) is 17.6 Å². The van der Waals surface area contributed by atoms with Crippen LogP contribution >= 0.6 is 0 Å². The Morgan fingerprint density at radius 2 is 1.79 bits per heavy atom. The standard InChI is InChI=1S/C21H24FN3O3/c1-24(21(20(27)28)12-3-2-4-13-21)19(26)18-16-6-5-7-17(16)25(23-18)15-10-8-14(22)9-11-15/h8-11H,2-7,12-13H2,1H3,(H,27,28). The molecule has 0 atom stereocenters. The van der Waals surface area contributed by atoms with E-state index in [-0.39, 0.29) is 11.7 Å². The second-order valence-corrected chi connectivity index (χ2v) is 7.78. The van der Waals surface area contributed by atoms with Crippen molar-refractivity contribution in [3.8, 4) is 5.69 Å². The summed E-state index contributed by atoms with van der Waals surface area (Å²) >= 11 is 0. The molecule has 0 spiro atoms. The van der Waals surface area contributed by atoms with Gasteiger partial charge in [-0.2, -0.15) is 5.10 Å². The van der Waals surface area contributed by atoms with Crippen LogP contribution in [0.2, 0.25) is 0 Å². The minimum Gasteiger partial charge on any atom is -0.479 e. The highest BCUT2D eigenvalue weighted by molar-refractivity contribution is 5.97. The van der Waals surface area contributed by atoms with Crippen molar-refractivity contribution in [3.05, 3.63) is 47.0 Å². The van der Waals surface area contributed by atoms with Gasteiger partial charge >= 0.3 is 5.97 Å². The number of rotatable bonds is 4. The van der Waals surface area contributed by atoms with E-state index in [1.165, 1.54) is 17.0 Å². The summed E-state index contributed by atoms with van der Waals surface area (Å²) in [5.41, 5.74) is 1.70. The van der Waals surface area contributed by atoms with Crippen molar-refractivity contribution in [2.24, 2.45) is 0 Å². The van der Waals surface area contributed by atoms with Crippen LogP contribution in [0.4, 0.5) is 4.39 Å². The van der Waals surface area contributed by atoms with Crippen molar-refractivity contribution in [2.45, 2.75) is 56.9 Å². The molecule has 2 aromatic rings. The van der Waals surface area contributed by atoms with E-state index < -0.39 is 11.5 Å². The monoisotopic (exact) mass is 385 g/mol. The molecule has 6 nitrogen and oxygen atoms in total. The van der Waals surface area contributed by atoms with E-state index in [9.17, 15) is 19.1 Å². The van der Waals surface area contributed by atoms with Crippen molar-refractivity contribution in [2.75, 3.05) is 7.05 Å². The minimum absolute atomic E-state index is 0.325. The van der Waals surface area contributed by atoms with Crippen LogP contribution in [0, 0.1) is 5.82 Å². The zero-order valence-electron chi connectivity index (χ0n) is 15.9. The number of hydrogen-bond donors (Lipinski definition) is 1. The number of aromatic nitrogens is 2. The Hall–Kier alpha value is -2.70. The maximum atomic E-state index is 13.3. The molecule has 148 valence electrons. The molecule has 0 unspecified atom stereocenters. The van der Waals surface area contributed by atoms with Crippen LogP contribution in [0.1, 0.15) is 60.3 Å². The van der Waals surface area contributed by atoms with Gasteiger partial charge in [0.25, 0.3) is 5.91 Å². The smallest absolute Gasteiger partial charge is 0.329 e. The maximum absolute atomic E-state index is 13.3. The highest BCUT2D eigenvalue weighted by Crippen LogP contribution is 2.36. The summed E-state index contributed by atoms with van der Waals surface area (Å²) in [6.45, 7) is 0. The molecule has 28 heavy (non-hydrogen) atoms. The molecule has 4 rings (SSSR count). The van der Waals surface area contributed by atoms with Crippen LogP contribution in [0.15, 0.2) is 24.3 Å². The molecule has 1 N–H and O–H groups in total. The molecule has 1 fully saturated rings. The zero-order chi connectivity index (χ0) is 19.9. The molecule has 1 heterocycles. The average Bonchev–Trinajstić information content (AvgIpc) is 3.31. The average molecular weight is 385 g/mol. The molecule has 2 aliphatic rings. The first-order chi connectivity index (χ1) is 13.4. The Bertz CT molecular complexity index is 914. The normalized spacial score (nSPS) is 17.9. The van der Waals surface area contributed by atoms with Crippen LogP contribution < -0.4 is 0 Å². The van der Waals surface area contributed by atoms with Crippen LogP contribution in [0.3, 0.4) is 0 Å². The highest BCUT2D eigenvalue weighted by atomic mass is 19.1. The second kappa shape index (κ2) is 7.04. The summed E-state index contributed by atoms with van der Waals surface area (Å²) in [5.74, 6) is -1.62. The first-order valence-corrected chi connectivity index (χ1v) is 9.82. The van der Waals surface area contributed by atoms with Gasteiger partial charge in [0.1, 0.15) is 11.4 Å². The number of aliphatic carboxylic acids is 1. The predicted octanol–water partition coefficient (Wildman–Crippen LogP) is 3.36. The fraction of sp³-hybridized carbons (Fsp3) is 0.476. The highest BCUT2D eigenvalue weighted by Gasteiger charge is 2.46. The number of carbonyl (C=O) groups is 2. The number of carboxylic acid groups (broad SMARTS) is 1. The number of carboxylic acids is 1. The molecule has 1 saturated carbocycles. The molecule has 2 aliphatic carbocycles. The maximum Gasteiger partial charge on any atom is 0.329 e. The van der Waals surface area contributed by atoms with Gasteiger partial charge < -0.3 is 10.0 Å². The van der Waals surface area contributed by atoms with Gasteiger partial charge in [-0.05, 0) is 56.4 Å². The van der Waals surface area contributed by atoms with E-state index in [0.717, 1.165) is 49.8 Å². The zero-order valence-corrected chi connectivity index (χ0v) is 15.9. The molecule has 1 aromatic heterocycles. The molecule has 0 radical (unpaired) electrons. The second-order valence-electron chi connectivity index (χ2n) is 7.78. The molecular weight excluding hydrogens is 361 g/mol. The lowest BCUT2D eigenvalue weighted by atomic mass is 9.80. The van der Waals surface area contributed by atoms with Crippen LogP contribution in [0.5, 0.6) is 0 Å². The van der Waals surface area contributed by atoms with Crippen molar-refractivity contribution in [3.63, 3.8) is 0 Å². The fourth-order valence-electron chi connectivity index (χ4n) is 4.59. The van der Waals surface area contributed by atoms with Gasteiger partial charge in [0.15, 0.2) is 5.69 Å². The van der Waals surface area contributed by atoms with Gasteiger partial charge in [0.2, 0.25) is 0 Å². The number of nitrogens with zero attached hydrogens (tertiary/aromatic N) is 3. The summed E-state index contributed by atoms with van der Waals surface area (Å²) in [4.78, 5) is 26.8. The van der Waals surface area contributed by atoms with Gasteiger partial charge in [-0.15, -0.1) is 0 Å². The molecule has 7 heteroatoms. The number of fused-ring (bicyclic) bond motifs is 1. The van der Waals surface area contributed by atoms with Gasteiger partial charge in [-0.3, -0.25) is 4.79 Å². The summed E-state index contributed by atoms with van der Waals surface area (Å²) in [7, 11) is 1.58. The first kappa shape index (κ1) is 18.7. The van der Waals surface area contributed by atoms with E-state index in [4.69, 9.17) is 0 Å². The molecule has 0 bridgehead atoms. The predicted molar refractivity (Wildman–Crippen MR) is 101 cm³/mol. The minimum atomic E-state index is -1.17. The van der Waals surface area contributed by atoms with Gasteiger partial charge in [0.05, 0.1) is 5.69 Å². The lowest BCUT2D eigenvalue weighted by Gasteiger charge is -2.40. The van der Waals surface area contributed by atoms with E-state index in [1.807, 2.05) is 0 Å². The van der Waals surface area contributed by atoms with E-state index in [1.54, 1.807) is 23.9 Å².